The van der Waals surface area contributed by atoms with Crippen molar-refractivity contribution in [2.45, 2.75) is 76.0 Å². The summed E-state index contributed by atoms with van der Waals surface area (Å²) in [7, 11) is 0. The second-order valence-corrected chi connectivity index (χ2v) is 11.9. The lowest BCUT2D eigenvalue weighted by molar-refractivity contribution is -0.129. The lowest BCUT2D eigenvalue weighted by Gasteiger charge is -2.21. The number of benzene rings is 1. The highest BCUT2D eigenvalue weighted by atomic mass is 16.5. The fraction of sp³-hybridized carbons (Fsp3) is 0.625. The Morgan fingerprint density at radius 2 is 1.74 bits per heavy atom. The molecule has 2 aliphatic carbocycles. The minimum absolute atomic E-state index is 0.0185. The number of aliphatic hydroxyl groups excluding tert-OH is 4. The third-order valence-electron chi connectivity index (χ3n) is 8.36. The number of ether oxygens (including phenoxy) is 1. The molecule has 0 radical (unpaired) electrons. The molecule has 1 fully saturated rings. The van der Waals surface area contributed by atoms with E-state index < -0.39 is 36.4 Å². The van der Waals surface area contributed by atoms with Crippen LogP contribution >= 0.6 is 0 Å². The number of rotatable bonds is 22. The van der Waals surface area contributed by atoms with Crippen molar-refractivity contribution in [3.8, 4) is 0 Å². The van der Waals surface area contributed by atoms with E-state index in [0.717, 1.165) is 31.2 Å². The zero-order valence-corrected chi connectivity index (χ0v) is 26.2. The van der Waals surface area contributed by atoms with Crippen molar-refractivity contribution in [2.75, 3.05) is 39.6 Å². The highest BCUT2D eigenvalue weighted by molar-refractivity contribution is 6.00. The topological polar surface area (TPSA) is 225 Å². The van der Waals surface area contributed by atoms with Crippen molar-refractivity contribution in [3.05, 3.63) is 48.0 Å². The summed E-state index contributed by atoms with van der Waals surface area (Å²) in [4.78, 5) is 37.8. The van der Waals surface area contributed by atoms with E-state index in [1.165, 1.54) is 0 Å². The maximum Gasteiger partial charge on any atom is 0.243 e. The predicted octanol–water partition coefficient (Wildman–Crippen LogP) is -0.974. The number of fused-ring (bicyclic) bond motifs is 1. The second kappa shape index (κ2) is 19.4. The van der Waals surface area contributed by atoms with Crippen LogP contribution in [0.25, 0.3) is 0 Å². The summed E-state index contributed by atoms with van der Waals surface area (Å²) in [6.45, 7) is -0.607. The lowest BCUT2D eigenvalue weighted by atomic mass is 9.90. The van der Waals surface area contributed by atoms with Crippen LogP contribution in [0.15, 0.2) is 42.5 Å². The van der Waals surface area contributed by atoms with Crippen LogP contribution in [0.3, 0.4) is 0 Å². The van der Waals surface area contributed by atoms with Gasteiger partial charge in [0, 0.05) is 24.0 Å². The molecule has 0 saturated heterocycles. The molecule has 6 atom stereocenters. The third-order valence-corrected chi connectivity index (χ3v) is 8.36. The zero-order chi connectivity index (χ0) is 33.4. The highest BCUT2D eigenvalue weighted by Crippen LogP contribution is 2.60. The van der Waals surface area contributed by atoms with Crippen LogP contribution in [0.4, 0.5) is 0 Å². The number of unbranched alkanes of at least 4 members (excludes halogenated alkanes) is 2. The van der Waals surface area contributed by atoms with Crippen LogP contribution in [-0.4, -0.2) is 108 Å². The van der Waals surface area contributed by atoms with Crippen molar-refractivity contribution in [3.63, 3.8) is 0 Å². The molecular weight excluding hydrogens is 596 g/mol. The quantitative estimate of drug-likeness (QED) is 0.0548. The Hall–Kier alpha value is -3.24. The molecule has 14 nitrogen and oxygen atoms in total. The Labute approximate surface area is 269 Å². The average Bonchev–Trinajstić information content (AvgIpc) is 3.76. The molecule has 6 unspecified atom stereocenters. The summed E-state index contributed by atoms with van der Waals surface area (Å²) in [5.74, 6) is -0.900. The molecule has 10 N–H and O–H groups in total. The number of allylic oxidation sites excluding steroid dienone is 1. The first-order valence-corrected chi connectivity index (χ1v) is 16.0. The summed E-state index contributed by atoms with van der Waals surface area (Å²) in [6, 6.07) is 8.16. The third kappa shape index (κ3) is 12.9. The van der Waals surface area contributed by atoms with Crippen molar-refractivity contribution < 1.29 is 39.5 Å². The van der Waals surface area contributed by atoms with Crippen LogP contribution in [0, 0.1) is 16.7 Å². The number of nitrogens with one attached hydrogen (secondary N) is 6. The summed E-state index contributed by atoms with van der Waals surface area (Å²) in [5.41, 5.74) is 1.30. The molecule has 0 heterocycles. The second-order valence-electron chi connectivity index (χ2n) is 11.9. The molecule has 0 spiro atoms. The molecule has 2 aliphatic rings. The molecule has 1 aromatic rings. The van der Waals surface area contributed by atoms with Gasteiger partial charge in [0.1, 0.15) is 18.5 Å². The van der Waals surface area contributed by atoms with Gasteiger partial charge < -0.3 is 46.5 Å². The SMILES string of the molecule is N=C1C=CC(O)CC2CC12CCCCCC(=O)NCC(O)NCC(=O)NC(Cc1ccccc1)C(=O)NCC(O)NCOCCO. The van der Waals surface area contributed by atoms with Gasteiger partial charge in [-0.15, -0.1) is 0 Å². The van der Waals surface area contributed by atoms with Gasteiger partial charge in [-0.25, -0.2) is 0 Å². The average molecular weight is 647 g/mol. The van der Waals surface area contributed by atoms with Crippen LogP contribution < -0.4 is 26.6 Å². The van der Waals surface area contributed by atoms with E-state index in [-0.39, 0.29) is 57.3 Å². The van der Waals surface area contributed by atoms with Gasteiger partial charge in [0.15, 0.2) is 0 Å². The maximum atomic E-state index is 12.9. The molecule has 1 saturated carbocycles. The van der Waals surface area contributed by atoms with Crippen LogP contribution in [-0.2, 0) is 25.5 Å². The van der Waals surface area contributed by atoms with Crippen molar-refractivity contribution in [1.82, 2.24) is 26.6 Å². The number of aliphatic hydroxyl groups is 4. The maximum absolute atomic E-state index is 12.9. The normalized spacial score (nSPS) is 22.2. The highest BCUT2D eigenvalue weighted by Gasteiger charge is 2.56. The molecule has 0 aliphatic heterocycles. The number of carbonyl (C=O) groups excluding carboxylic acids is 3. The van der Waals surface area contributed by atoms with E-state index in [1.54, 1.807) is 12.2 Å². The van der Waals surface area contributed by atoms with Crippen LogP contribution in [0.1, 0.15) is 50.5 Å². The fourth-order valence-corrected chi connectivity index (χ4v) is 5.68. The Bertz CT molecular complexity index is 1150. The molecule has 3 rings (SSSR count). The molecule has 3 amide bonds. The van der Waals surface area contributed by atoms with Gasteiger partial charge in [-0.05, 0) is 43.2 Å². The zero-order valence-electron chi connectivity index (χ0n) is 26.2. The minimum Gasteiger partial charge on any atom is -0.394 e. The summed E-state index contributed by atoms with van der Waals surface area (Å²) in [5, 5.41) is 60.4. The lowest BCUT2D eigenvalue weighted by Crippen LogP contribution is -2.53. The molecule has 0 aromatic heterocycles. The smallest absolute Gasteiger partial charge is 0.243 e. The Morgan fingerprint density at radius 1 is 1.00 bits per heavy atom. The van der Waals surface area contributed by atoms with Crippen molar-refractivity contribution in [1.29, 1.82) is 5.41 Å². The first-order chi connectivity index (χ1) is 22.1. The Balaban J connectivity index is 1.31. The van der Waals surface area contributed by atoms with Crippen molar-refractivity contribution >= 4 is 23.4 Å². The van der Waals surface area contributed by atoms with Crippen molar-refractivity contribution in [2.24, 2.45) is 11.3 Å². The van der Waals surface area contributed by atoms with Gasteiger partial charge in [0.05, 0.1) is 45.7 Å². The Kier molecular flexibility index (Phi) is 15.7. The first-order valence-electron chi connectivity index (χ1n) is 16.0. The molecule has 1 aromatic carbocycles. The molecule has 46 heavy (non-hydrogen) atoms. The molecule has 0 bridgehead atoms. The molecule has 256 valence electrons. The Morgan fingerprint density at radius 3 is 2.50 bits per heavy atom. The largest absolute Gasteiger partial charge is 0.394 e. The fourth-order valence-electron chi connectivity index (χ4n) is 5.68. The molecule has 14 heteroatoms. The van der Waals surface area contributed by atoms with Gasteiger partial charge in [-0.2, -0.15) is 0 Å². The standard InChI is InChI=1S/C32H50N6O8/c33-26-11-10-24(40)16-23-17-32(23,26)12-6-2-5-9-27(41)34-18-28(42)35-20-30(44)38-25(15-22-7-3-1-4-8-22)31(45)36-19-29(43)37-21-46-14-13-39/h1,3-4,7-8,10-11,23-25,28-29,33,35,37,39-40,42-43H,2,5-6,9,12-21H2,(H,34,41)(H,36,45)(H,38,44). The summed E-state index contributed by atoms with van der Waals surface area (Å²) < 4.78 is 5.02. The van der Waals surface area contributed by atoms with Gasteiger partial charge in [0.2, 0.25) is 17.7 Å². The van der Waals surface area contributed by atoms with E-state index >= 15 is 0 Å². The first kappa shape index (κ1) is 37.2. The van der Waals surface area contributed by atoms with E-state index in [4.69, 9.17) is 15.3 Å². The number of amides is 3. The summed E-state index contributed by atoms with van der Waals surface area (Å²) >= 11 is 0. The van der Waals surface area contributed by atoms with E-state index in [9.17, 15) is 29.7 Å². The van der Waals surface area contributed by atoms with Gasteiger partial charge in [0.25, 0.3) is 0 Å². The van der Waals surface area contributed by atoms with Crippen LogP contribution in [0.2, 0.25) is 0 Å². The van der Waals surface area contributed by atoms with Gasteiger partial charge >= 0.3 is 0 Å². The van der Waals surface area contributed by atoms with E-state index in [0.29, 0.717) is 30.9 Å². The number of hydrogen-bond donors (Lipinski definition) is 10. The number of hydrogen-bond acceptors (Lipinski definition) is 11. The van der Waals surface area contributed by atoms with E-state index in [1.807, 2.05) is 30.3 Å². The summed E-state index contributed by atoms with van der Waals surface area (Å²) in [6.07, 6.45) is 6.14. The minimum atomic E-state index is -1.18. The predicted molar refractivity (Wildman–Crippen MR) is 170 cm³/mol. The molecular formula is C32H50N6O8. The van der Waals surface area contributed by atoms with Crippen LogP contribution in [0.5, 0.6) is 0 Å². The van der Waals surface area contributed by atoms with E-state index in [2.05, 4.69) is 26.6 Å². The monoisotopic (exact) mass is 646 g/mol. The van der Waals surface area contributed by atoms with Gasteiger partial charge in [-0.1, -0.05) is 49.2 Å². The van der Waals surface area contributed by atoms with Gasteiger partial charge in [-0.3, -0.25) is 25.0 Å². The number of carbonyl (C=O) groups is 3.